The van der Waals surface area contributed by atoms with E-state index >= 15 is 0 Å². The number of aliphatic hydroxyl groups excluding tert-OH is 1. The van der Waals surface area contributed by atoms with Gasteiger partial charge >= 0.3 is 0 Å². The zero-order chi connectivity index (χ0) is 28.3. The Morgan fingerprint density at radius 1 is 1.21 bits per heavy atom. The molecule has 1 amide bonds. The van der Waals surface area contributed by atoms with E-state index in [1.165, 1.54) is 11.1 Å². The second kappa shape index (κ2) is 12.8. The van der Waals surface area contributed by atoms with Crippen molar-refractivity contribution in [3.8, 4) is 5.82 Å². The van der Waals surface area contributed by atoms with E-state index in [9.17, 15) is 9.90 Å². The molecule has 1 aliphatic rings. The minimum atomic E-state index is -0.579. The van der Waals surface area contributed by atoms with Gasteiger partial charge in [0.05, 0.1) is 18.2 Å². The molecule has 0 spiro atoms. The van der Waals surface area contributed by atoms with E-state index in [4.69, 9.17) is 16.6 Å². The maximum Gasteiger partial charge on any atom is 0.253 e. The summed E-state index contributed by atoms with van der Waals surface area (Å²) in [6.45, 7) is 3.53. The molecule has 1 aliphatic heterocycles. The van der Waals surface area contributed by atoms with Gasteiger partial charge in [0.25, 0.3) is 5.91 Å². The largest absolute Gasteiger partial charge is 0.394 e. The molecular formula is C31H31Cl2N7O2. The van der Waals surface area contributed by atoms with E-state index in [0.717, 1.165) is 47.2 Å². The van der Waals surface area contributed by atoms with Crippen LogP contribution in [0.25, 0.3) is 22.3 Å². The van der Waals surface area contributed by atoms with Crippen LogP contribution in [0.4, 0.5) is 11.6 Å². The van der Waals surface area contributed by atoms with Crippen molar-refractivity contribution in [1.82, 2.24) is 30.2 Å². The van der Waals surface area contributed by atoms with Crippen LogP contribution in [0.1, 0.15) is 39.5 Å². The normalized spacial score (nSPS) is 13.7. The molecule has 6 rings (SSSR count). The molecule has 42 heavy (non-hydrogen) atoms. The molecule has 5 N–H and O–H groups in total. The maximum absolute atomic E-state index is 13.0. The van der Waals surface area contributed by atoms with Crippen LogP contribution in [-0.2, 0) is 0 Å². The number of benzene rings is 2. The van der Waals surface area contributed by atoms with Gasteiger partial charge in [-0.15, -0.1) is 12.4 Å². The predicted octanol–water partition coefficient (Wildman–Crippen LogP) is 5.72. The van der Waals surface area contributed by atoms with E-state index < -0.39 is 6.04 Å². The van der Waals surface area contributed by atoms with E-state index in [2.05, 4.69) is 50.3 Å². The fourth-order valence-electron chi connectivity index (χ4n) is 5.08. The molecule has 0 fully saturated rings. The number of carbonyl (C=O) groups is 1. The van der Waals surface area contributed by atoms with Gasteiger partial charge in [-0.2, -0.15) is 4.98 Å². The molecule has 5 aromatic rings. The molecular weight excluding hydrogens is 573 g/mol. The Hall–Kier alpha value is -4.15. The van der Waals surface area contributed by atoms with Gasteiger partial charge in [-0.05, 0) is 67.4 Å². The Balaban J connectivity index is 0.00000353. The first-order chi connectivity index (χ1) is 20.0. The number of nitrogens with one attached hydrogen (secondary N) is 4. The third kappa shape index (κ3) is 6.19. The number of nitrogens with zero attached hydrogens (tertiary/aromatic N) is 3. The topological polar surface area (TPSA) is 120 Å². The van der Waals surface area contributed by atoms with Crippen molar-refractivity contribution in [2.45, 2.75) is 19.4 Å². The Morgan fingerprint density at radius 2 is 2.10 bits per heavy atom. The number of aromatic nitrogens is 4. The third-order valence-corrected chi connectivity index (χ3v) is 7.47. The molecule has 1 atom stereocenters. The fourth-order valence-corrected chi connectivity index (χ4v) is 5.28. The Morgan fingerprint density at radius 3 is 2.88 bits per heavy atom. The molecule has 11 heteroatoms. The number of H-pyrrole nitrogens is 1. The van der Waals surface area contributed by atoms with E-state index in [1.807, 2.05) is 19.1 Å². The van der Waals surface area contributed by atoms with Gasteiger partial charge in [-0.25, -0.2) is 4.98 Å². The highest BCUT2D eigenvalue weighted by atomic mass is 35.5. The van der Waals surface area contributed by atoms with Crippen LogP contribution in [-0.4, -0.2) is 50.2 Å². The highest BCUT2D eigenvalue weighted by Gasteiger charge is 2.18. The molecule has 9 nitrogen and oxygen atoms in total. The zero-order valence-corrected chi connectivity index (χ0v) is 24.5. The summed E-state index contributed by atoms with van der Waals surface area (Å²) in [5.41, 5.74) is 6.53. The Bertz CT molecular complexity index is 1760. The maximum atomic E-state index is 13.0. The van der Waals surface area contributed by atoms with Crippen molar-refractivity contribution >= 4 is 58.0 Å². The number of aliphatic hydroxyl groups is 1. The molecule has 3 aromatic heterocycles. The smallest absolute Gasteiger partial charge is 0.253 e. The van der Waals surface area contributed by atoms with Crippen molar-refractivity contribution < 1.29 is 9.90 Å². The number of fused-ring (bicyclic) bond motifs is 1. The fraction of sp³-hybridized carbons (Fsp3) is 0.194. The second-order valence-corrected chi connectivity index (χ2v) is 10.5. The number of halogens is 2. The van der Waals surface area contributed by atoms with Crippen molar-refractivity contribution in [2.24, 2.45) is 0 Å². The first kappa shape index (κ1) is 29.3. The van der Waals surface area contributed by atoms with Crippen molar-refractivity contribution in [2.75, 3.05) is 25.0 Å². The van der Waals surface area contributed by atoms with Crippen LogP contribution >= 0.6 is 24.0 Å². The highest BCUT2D eigenvalue weighted by molar-refractivity contribution is 6.30. The number of aryl methyl sites for hydroxylation is 1. The lowest BCUT2D eigenvalue weighted by molar-refractivity contribution is 0.0916. The first-order valence-electron chi connectivity index (χ1n) is 13.5. The summed E-state index contributed by atoms with van der Waals surface area (Å²) in [6, 6.07) is 14.4. The van der Waals surface area contributed by atoms with Gasteiger partial charge in [-0.3, -0.25) is 4.79 Å². The number of carbonyl (C=O) groups excluding carboxylic acids is 1. The second-order valence-electron chi connectivity index (χ2n) is 10.0. The van der Waals surface area contributed by atoms with E-state index in [-0.39, 0.29) is 24.9 Å². The van der Waals surface area contributed by atoms with Crippen LogP contribution in [0.2, 0.25) is 5.02 Å². The lowest BCUT2D eigenvalue weighted by Crippen LogP contribution is -2.30. The summed E-state index contributed by atoms with van der Waals surface area (Å²) in [6.07, 6.45) is 10.6. The van der Waals surface area contributed by atoms with Gasteiger partial charge in [0.2, 0.25) is 5.95 Å². The molecule has 0 bridgehead atoms. The van der Waals surface area contributed by atoms with Crippen LogP contribution in [0.15, 0.2) is 79.4 Å². The molecule has 216 valence electrons. The summed E-state index contributed by atoms with van der Waals surface area (Å²) >= 11 is 6.09. The van der Waals surface area contributed by atoms with Crippen molar-refractivity contribution in [3.63, 3.8) is 0 Å². The molecule has 0 saturated carbocycles. The number of hydrogen-bond donors (Lipinski definition) is 5. The number of anilines is 2. The predicted molar refractivity (Wildman–Crippen MR) is 169 cm³/mol. The van der Waals surface area contributed by atoms with E-state index in [1.54, 1.807) is 47.4 Å². The monoisotopic (exact) mass is 603 g/mol. The molecule has 0 aliphatic carbocycles. The van der Waals surface area contributed by atoms with Crippen LogP contribution in [0, 0.1) is 6.92 Å². The number of hydrogen-bond acceptors (Lipinski definition) is 6. The van der Waals surface area contributed by atoms with Gasteiger partial charge in [0, 0.05) is 64.1 Å². The summed E-state index contributed by atoms with van der Waals surface area (Å²) in [7, 11) is 0. The standard InChI is InChI=1S/C31H30ClN7O2.ClH/c1-19-15-35-31(36-24-5-6-27-25(14-24)26(16-34-27)20-7-10-33-11-8-20)38-29(19)39-12-9-22(17-39)30(41)37-28(18-40)21-3-2-4-23(32)13-21;/h2-7,9,12-17,28,33-34,40H,8,10-11,18H2,1H3,(H,37,41)(H,35,36,38);1H. The minimum Gasteiger partial charge on any atom is -0.394 e. The summed E-state index contributed by atoms with van der Waals surface area (Å²) in [4.78, 5) is 25.6. The molecule has 1 unspecified atom stereocenters. The first-order valence-corrected chi connectivity index (χ1v) is 13.8. The average molecular weight is 605 g/mol. The van der Waals surface area contributed by atoms with Crippen LogP contribution in [0.5, 0.6) is 0 Å². The molecule has 0 radical (unpaired) electrons. The van der Waals surface area contributed by atoms with Crippen LogP contribution < -0.4 is 16.0 Å². The summed E-state index contributed by atoms with van der Waals surface area (Å²) in [5.74, 6) is 0.787. The highest BCUT2D eigenvalue weighted by Crippen LogP contribution is 2.30. The van der Waals surface area contributed by atoms with Crippen LogP contribution in [0.3, 0.4) is 0 Å². The third-order valence-electron chi connectivity index (χ3n) is 7.23. The van der Waals surface area contributed by atoms with Gasteiger partial charge in [0.15, 0.2) is 0 Å². The molecule has 4 heterocycles. The molecule has 0 saturated heterocycles. The zero-order valence-electron chi connectivity index (χ0n) is 22.9. The van der Waals surface area contributed by atoms with Gasteiger partial charge in [0.1, 0.15) is 5.82 Å². The number of aromatic amines is 1. The summed E-state index contributed by atoms with van der Waals surface area (Å²) in [5, 5.41) is 21.1. The van der Waals surface area contributed by atoms with Gasteiger partial charge in [-0.1, -0.05) is 29.8 Å². The van der Waals surface area contributed by atoms with Crippen molar-refractivity contribution in [3.05, 3.63) is 107 Å². The minimum absolute atomic E-state index is 0. The Labute approximate surface area is 254 Å². The van der Waals surface area contributed by atoms with Crippen molar-refractivity contribution in [1.29, 1.82) is 0 Å². The quantitative estimate of drug-likeness (QED) is 0.155. The van der Waals surface area contributed by atoms with Gasteiger partial charge < -0.3 is 30.6 Å². The Kier molecular flexibility index (Phi) is 8.94. The number of rotatable bonds is 8. The average Bonchev–Trinajstić information content (AvgIpc) is 3.65. The lowest BCUT2D eigenvalue weighted by atomic mass is 9.99. The SMILES string of the molecule is Cc1cnc(Nc2ccc3[nH]cc(C4=CCNCC4)c3c2)nc1-n1ccc(C(=O)NC(CO)c2cccc(Cl)c2)c1.Cl. The summed E-state index contributed by atoms with van der Waals surface area (Å²) < 4.78 is 1.79. The molecule has 2 aromatic carbocycles. The van der Waals surface area contributed by atoms with E-state index in [0.29, 0.717) is 22.4 Å². The lowest BCUT2D eigenvalue weighted by Gasteiger charge is -2.16. The number of amides is 1.